The van der Waals surface area contributed by atoms with Gasteiger partial charge in [-0.1, -0.05) is 35.5 Å². The van der Waals surface area contributed by atoms with Crippen LogP contribution in [0.4, 0.5) is 0 Å². The van der Waals surface area contributed by atoms with Gasteiger partial charge < -0.3 is 5.21 Å². The molecule has 2 nitrogen and oxygen atoms in total. The van der Waals surface area contributed by atoms with Crippen LogP contribution in [-0.2, 0) is 6.42 Å². The van der Waals surface area contributed by atoms with Crippen molar-refractivity contribution in [2.24, 2.45) is 5.16 Å². The van der Waals surface area contributed by atoms with Crippen molar-refractivity contribution in [1.82, 2.24) is 0 Å². The Morgan fingerprint density at radius 2 is 1.94 bits per heavy atom. The van der Waals surface area contributed by atoms with Gasteiger partial charge in [-0.15, -0.1) is 11.3 Å². The maximum Gasteiger partial charge on any atom is 0.0936 e. The maximum atomic E-state index is 8.68. The first-order valence-electron chi connectivity index (χ1n) is 5.11. The predicted octanol–water partition coefficient (Wildman–Crippen LogP) is 3.54. The molecule has 0 radical (unpaired) electrons. The minimum Gasteiger partial charge on any atom is -0.411 e. The van der Waals surface area contributed by atoms with Gasteiger partial charge >= 0.3 is 0 Å². The smallest absolute Gasteiger partial charge is 0.0936 e. The summed E-state index contributed by atoms with van der Waals surface area (Å²) in [5.41, 5.74) is 1.97. The van der Waals surface area contributed by atoms with Gasteiger partial charge in [0.25, 0.3) is 0 Å². The lowest BCUT2D eigenvalue weighted by Crippen LogP contribution is -1.88. The number of thiophene rings is 1. The zero-order valence-corrected chi connectivity index (χ0v) is 9.87. The van der Waals surface area contributed by atoms with Crippen LogP contribution < -0.4 is 0 Å². The summed E-state index contributed by atoms with van der Waals surface area (Å²) in [6.07, 6.45) is 0.935. The van der Waals surface area contributed by atoms with Crippen molar-refractivity contribution in [1.29, 1.82) is 0 Å². The highest BCUT2D eigenvalue weighted by atomic mass is 32.1. The molecule has 0 aliphatic rings. The monoisotopic (exact) mass is 231 g/mol. The molecule has 3 heteroatoms. The molecule has 0 fully saturated rings. The van der Waals surface area contributed by atoms with E-state index in [0.717, 1.165) is 11.3 Å². The first-order chi connectivity index (χ1) is 7.79. The van der Waals surface area contributed by atoms with Gasteiger partial charge in [0.1, 0.15) is 0 Å². The lowest BCUT2D eigenvalue weighted by molar-refractivity contribution is 0.319. The topological polar surface area (TPSA) is 32.6 Å². The molecule has 16 heavy (non-hydrogen) atoms. The molecule has 1 N–H and O–H groups in total. The minimum atomic E-state index is 0.671. The number of oxime groups is 1. The second-order valence-corrected chi connectivity index (χ2v) is 4.78. The number of nitrogens with zero attached hydrogens (tertiary/aromatic N) is 1. The van der Waals surface area contributed by atoms with Crippen LogP contribution in [0.1, 0.15) is 22.2 Å². The van der Waals surface area contributed by atoms with Crippen LogP contribution in [0.5, 0.6) is 0 Å². The highest BCUT2D eigenvalue weighted by Gasteiger charge is 2.03. The third-order valence-corrected chi connectivity index (χ3v) is 3.58. The fourth-order valence-electron chi connectivity index (χ4n) is 1.51. The molecule has 1 heterocycles. The number of benzene rings is 1. The van der Waals surface area contributed by atoms with E-state index < -0.39 is 0 Å². The second-order valence-electron chi connectivity index (χ2n) is 3.61. The largest absolute Gasteiger partial charge is 0.411 e. The summed E-state index contributed by atoms with van der Waals surface area (Å²) < 4.78 is 0. The van der Waals surface area contributed by atoms with Crippen molar-refractivity contribution in [3.63, 3.8) is 0 Å². The summed E-state index contributed by atoms with van der Waals surface area (Å²) in [7, 11) is 0. The van der Waals surface area contributed by atoms with Crippen LogP contribution in [-0.4, -0.2) is 10.9 Å². The van der Waals surface area contributed by atoms with Crippen molar-refractivity contribution in [2.75, 3.05) is 0 Å². The molecular weight excluding hydrogens is 218 g/mol. The van der Waals surface area contributed by atoms with E-state index in [1.54, 1.807) is 18.3 Å². The summed E-state index contributed by atoms with van der Waals surface area (Å²) in [4.78, 5) is 2.30. The Kier molecular flexibility index (Phi) is 3.37. The van der Waals surface area contributed by atoms with Gasteiger partial charge in [-0.05, 0) is 24.6 Å². The second kappa shape index (κ2) is 4.94. The fraction of sp³-hybridized carbons (Fsp3) is 0.154. The van der Waals surface area contributed by atoms with Gasteiger partial charge in [0.15, 0.2) is 0 Å². The molecule has 0 saturated carbocycles. The predicted molar refractivity (Wildman–Crippen MR) is 67.6 cm³/mol. The van der Waals surface area contributed by atoms with Gasteiger partial charge in [-0.25, -0.2) is 0 Å². The lowest BCUT2D eigenvalue weighted by atomic mass is 10.1. The molecule has 0 aliphatic carbocycles. The van der Waals surface area contributed by atoms with Gasteiger partial charge in [-0.2, -0.15) is 0 Å². The third-order valence-electron chi connectivity index (χ3n) is 2.39. The zero-order valence-electron chi connectivity index (χ0n) is 9.05. The maximum absolute atomic E-state index is 8.68. The van der Waals surface area contributed by atoms with E-state index in [1.165, 1.54) is 10.4 Å². The van der Waals surface area contributed by atoms with Crippen LogP contribution in [0, 0.1) is 0 Å². The van der Waals surface area contributed by atoms with Gasteiger partial charge in [0.05, 0.1) is 10.6 Å². The summed E-state index contributed by atoms with van der Waals surface area (Å²) in [5, 5.41) is 11.9. The Labute approximate surface area is 98.9 Å². The van der Waals surface area contributed by atoms with Gasteiger partial charge in [-0.3, -0.25) is 0 Å². The highest BCUT2D eigenvalue weighted by Crippen LogP contribution is 2.20. The van der Waals surface area contributed by atoms with E-state index in [2.05, 4.69) is 23.4 Å². The summed E-state index contributed by atoms with van der Waals surface area (Å²) in [6, 6.07) is 14.4. The third kappa shape index (κ3) is 2.49. The van der Waals surface area contributed by atoms with Crippen molar-refractivity contribution in [3.05, 3.63) is 57.8 Å². The summed E-state index contributed by atoms with van der Waals surface area (Å²) in [6.45, 7) is 1.80. The summed E-state index contributed by atoms with van der Waals surface area (Å²) >= 11 is 1.67. The van der Waals surface area contributed by atoms with Crippen LogP contribution in [0.25, 0.3) is 0 Å². The van der Waals surface area contributed by atoms with Crippen molar-refractivity contribution >= 4 is 17.0 Å². The quantitative estimate of drug-likeness (QED) is 0.489. The van der Waals surface area contributed by atoms with Gasteiger partial charge in [0.2, 0.25) is 0 Å². The Morgan fingerprint density at radius 3 is 2.62 bits per heavy atom. The molecule has 0 bridgehead atoms. The van der Waals surface area contributed by atoms with Crippen molar-refractivity contribution in [3.8, 4) is 0 Å². The zero-order chi connectivity index (χ0) is 11.4. The van der Waals surface area contributed by atoms with E-state index in [1.807, 2.05) is 24.3 Å². The van der Waals surface area contributed by atoms with E-state index in [4.69, 9.17) is 5.21 Å². The Bertz CT molecular complexity index is 488. The molecule has 2 rings (SSSR count). The Balaban J connectivity index is 2.15. The average Bonchev–Trinajstić information content (AvgIpc) is 2.78. The van der Waals surface area contributed by atoms with Crippen LogP contribution in [0.15, 0.2) is 47.6 Å². The molecule has 0 amide bonds. The molecule has 0 spiro atoms. The molecule has 0 atom stereocenters. The molecule has 2 aromatic rings. The fourth-order valence-corrected chi connectivity index (χ4v) is 2.50. The number of rotatable bonds is 3. The van der Waals surface area contributed by atoms with Crippen LogP contribution >= 0.6 is 11.3 Å². The molecule has 0 aliphatic heterocycles. The minimum absolute atomic E-state index is 0.671. The Morgan fingerprint density at radius 1 is 1.19 bits per heavy atom. The molecular formula is C13H13NOS. The first kappa shape index (κ1) is 10.9. The lowest BCUT2D eigenvalue weighted by Gasteiger charge is -1.97. The van der Waals surface area contributed by atoms with E-state index in [0.29, 0.717) is 5.71 Å². The highest BCUT2D eigenvalue weighted by molar-refractivity contribution is 7.14. The van der Waals surface area contributed by atoms with Crippen molar-refractivity contribution in [2.45, 2.75) is 13.3 Å². The molecule has 0 unspecified atom stereocenters. The molecule has 1 aromatic heterocycles. The average molecular weight is 231 g/mol. The van der Waals surface area contributed by atoms with E-state index >= 15 is 0 Å². The first-order valence-corrected chi connectivity index (χ1v) is 5.93. The van der Waals surface area contributed by atoms with E-state index in [-0.39, 0.29) is 0 Å². The number of hydrogen-bond donors (Lipinski definition) is 1. The van der Waals surface area contributed by atoms with E-state index in [9.17, 15) is 0 Å². The normalized spacial score (nSPS) is 11.7. The molecule has 82 valence electrons. The van der Waals surface area contributed by atoms with Crippen LogP contribution in [0.3, 0.4) is 0 Å². The summed E-state index contributed by atoms with van der Waals surface area (Å²) in [5.74, 6) is 0. The molecule has 1 aromatic carbocycles. The van der Waals surface area contributed by atoms with Gasteiger partial charge in [0, 0.05) is 11.3 Å². The Hall–Kier alpha value is -1.61. The van der Waals surface area contributed by atoms with Crippen molar-refractivity contribution < 1.29 is 5.21 Å². The van der Waals surface area contributed by atoms with Crippen LogP contribution in [0.2, 0.25) is 0 Å². The number of hydrogen-bond acceptors (Lipinski definition) is 3. The molecule has 0 saturated heterocycles. The SMILES string of the molecule is C/C(=N\O)c1ccc(Cc2ccccc2)s1. The standard InChI is InChI=1S/C13H13NOS/c1-10(14-15)13-8-7-12(16-13)9-11-5-3-2-4-6-11/h2-8,15H,9H2,1H3/b14-10+.